The van der Waals surface area contributed by atoms with Crippen molar-refractivity contribution in [1.82, 2.24) is 4.98 Å². The largest absolute Gasteiger partial charge is 0.483 e. The molecule has 0 amide bonds. The van der Waals surface area contributed by atoms with Crippen LogP contribution in [0.2, 0.25) is 0 Å². The predicted molar refractivity (Wildman–Crippen MR) is 68.2 cm³/mol. The van der Waals surface area contributed by atoms with Crippen LogP contribution >= 0.6 is 11.3 Å². The van der Waals surface area contributed by atoms with Crippen molar-refractivity contribution in [3.8, 4) is 5.75 Å². The fraction of sp³-hybridized carbons (Fsp3) is 0.308. The van der Waals surface area contributed by atoms with Gasteiger partial charge < -0.3 is 10.5 Å². The SMILES string of the molecule is Cc1csc(C2C[C@H](N)c3cc(F)ccc3O2)n1. The maximum Gasteiger partial charge on any atom is 0.152 e. The predicted octanol–water partition coefficient (Wildman–Crippen LogP) is 3.11. The monoisotopic (exact) mass is 264 g/mol. The highest BCUT2D eigenvalue weighted by atomic mass is 32.1. The molecule has 2 aromatic rings. The van der Waals surface area contributed by atoms with Gasteiger partial charge in [-0.3, -0.25) is 0 Å². The smallest absolute Gasteiger partial charge is 0.152 e. The van der Waals surface area contributed by atoms with Gasteiger partial charge in [0.2, 0.25) is 0 Å². The highest BCUT2D eigenvalue weighted by Crippen LogP contribution is 2.40. The summed E-state index contributed by atoms with van der Waals surface area (Å²) in [6, 6.07) is 4.26. The zero-order valence-electron chi connectivity index (χ0n) is 9.89. The van der Waals surface area contributed by atoms with Crippen molar-refractivity contribution in [2.75, 3.05) is 0 Å². The lowest BCUT2D eigenvalue weighted by atomic mass is 9.97. The molecule has 0 fully saturated rings. The van der Waals surface area contributed by atoms with Gasteiger partial charge in [-0.25, -0.2) is 9.37 Å². The number of aromatic nitrogens is 1. The Hall–Kier alpha value is -1.46. The Kier molecular flexibility index (Phi) is 2.80. The lowest BCUT2D eigenvalue weighted by Gasteiger charge is -2.29. The van der Waals surface area contributed by atoms with Crippen LogP contribution in [0.5, 0.6) is 5.75 Å². The van der Waals surface area contributed by atoms with Crippen LogP contribution in [0.1, 0.15) is 34.8 Å². The molecule has 0 radical (unpaired) electrons. The van der Waals surface area contributed by atoms with Gasteiger partial charge in [0.25, 0.3) is 0 Å². The summed E-state index contributed by atoms with van der Waals surface area (Å²) in [4.78, 5) is 4.42. The van der Waals surface area contributed by atoms with E-state index < -0.39 is 0 Å². The third kappa shape index (κ3) is 2.00. The normalized spacial score (nSPS) is 22.4. The molecule has 1 aliphatic rings. The van der Waals surface area contributed by atoms with Gasteiger partial charge in [-0.15, -0.1) is 11.3 Å². The summed E-state index contributed by atoms with van der Waals surface area (Å²) in [5.41, 5.74) is 7.80. The first-order valence-electron chi connectivity index (χ1n) is 5.77. The molecule has 1 aromatic carbocycles. The number of benzene rings is 1. The van der Waals surface area contributed by atoms with Gasteiger partial charge in [-0.1, -0.05) is 0 Å². The fourth-order valence-corrected chi connectivity index (χ4v) is 2.98. The van der Waals surface area contributed by atoms with Gasteiger partial charge in [-0.2, -0.15) is 0 Å². The molecule has 1 aromatic heterocycles. The first-order valence-corrected chi connectivity index (χ1v) is 6.65. The minimum atomic E-state index is -0.281. The van der Waals surface area contributed by atoms with Crippen molar-refractivity contribution in [3.63, 3.8) is 0 Å². The topological polar surface area (TPSA) is 48.1 Å². The highest BCUT2D eigenvalue weighted by Gasteiger charge is 2.29. The second-order valence-electron chi connectivity index (χ2n) is 4.46. The maximum atomic E-state index is 13.2. The van der Waals surface area contributed by atoms with Crippen LogP contribution in [-0.4, -0.2) is 4.98 Å². The van der Waals surface area contributed by atoms with Crippen molar-refractivity contribution in [2.24, 2.45) is 5.73 Å². The number of nitrogens with two attached hydrogens (primary N) is 1. The summed E-state index contributed by atoms with van der Waals surface area (Å²) in [6.07, 6.45) is 0.500. The van der Waals surface area contributed by atoms with Crippen LogP contribution in [0.15, 0.2) is 23.6 Å². The van der Waals surface area contributed by atoms with Crippen molar-refractivity contribution < 1.29 is 9.13 Å². The van der Waals surface area contributed by atoms with E-state index >= 15 is 0 Å². The van der Waals surface area contributed by atoms with Gasteiger partial charge in [-0.05, 0) is 25.1 Å². The summed E-state index contributed by atoms with van der Waals surface area (Å²) in [5, 5.41) is 2.92. The molecule has 0 saturated carbocycles. The average Bonchev–Trinajstić information content (AvgIpc) is 2.77. The van der Waals surface area contributed by atoms with Crippen LogP contribution in [0.4, 0.5) is 4.39 Å². The quantitative estimate of drug-likeness (QED) is 0.861. The van der Waals surface area contributed by atoms with E-state index in [1.807, 2.05) is 12.3 Å². The molecule has 3 nitrogen and oxygen atoms in total. The molecule has 3 rings (SSSR count). The summed E-state index contributed by atoms with van der Waals surface area (Å²) < 4.78 is 19.0. The molecule has 1 unspecified atom stereocenters. The van der Waals surface area contributed by atoms with E-state index in [0.29, 0.717) is 12.2 Å². The van der Waals surface area contributed by atoms with Crippen LogP contribution < -0.4 is 10.5 Å². The molecule has 0 bridgehead atoms. The second-order valence-corrected chi connectivity index (χ2v) is 5.35. The molecule has 5 heteroatoms. The van der Waals surface area contributed by atoms with E-state index in [0.717, 1.165) is 16.3 Å². The number of hydrogen-bond acceptors (Lipinski definition) is 4. The molecule has 2 atom stereocenters. The zero-order valence-corrected chi connectivity index (χ0v) is 10.7. The lowest BCUT2D eigenvalue weighted by Crippen LogP contribution is -2.24. The van der Waals surface area contributed by atoms with Gasteiger partial charge in [0.1, 0.15) is 16.6 Å². The third-order valence-electron chi connectivity index (χ3n) is 3.02. The molecule has 2 heterocycles. The third-order valence-corrected chi connectivity index (χ3v) is 4.08. The molecule has 94 valence electrons. The zero-order chi connectivity index (χ0) is 12.7. The summed E-state index contributed by atoms with van der Waals surface area (Å²) in [7, 11) is 0. The maximum absolute atomic E-state index is 13.2. The summed E-state index contributed by atoms with van der Waals surface area (Å²) in [6.45, 7) is 1.95. The van der Waals surface area contributed by atoms with Crippen LogP contribution in [-0.2, 0) is 0 Å². The van der Waals surface area contributed by atoms with Crippen LogP contribution in [0.3, 0.4) is 0 Å². The van der Waals surface area contributed by atoms with Crippen molar-refractivity contribution >= 4 is 11.3 Å². The number of rotatable bonds is 1. The molecule has 18 heavy (non-hydrogen) atoms. The second kappa shape index (κ2) is 4.33. The number of ether oxygens (including phenoxy) is 1. The van der Waals surface area contributed by atoms with Gasteiger partial charge in [0.05, 0.1) is 0 Å². The standard InChI is InChI=1S/C13H13FN2OS/c1-7-6-18-13(16-7)12-5-10(15)9-4-8(14)2-3-11(9)17-12/h2-4,6,10,12H,5,15H2,1H3/t10-,12?/m0/s1. The average molecular weight is 264 g/mol. The number of aryl methyl sites for hydroxylation is 1. The fourth-order valence-electron chi connectivity index (χ4n) is 2.15. The van der Waals surface area contributed by atoms with Crippen molar-refractivity contribution in [1.29, 1.82) is 0 Å². The van der Waals surface area contributed by atoms with E-state index in [4.69, 9.17) is 10.5 Å². The molecule has 2 N–H and O–H groups in total. The van der Waals surface area contributed by atoms with Crippen LogP contribution in [0.25, 0.3) is 0 Å². The van der Waals surface area contributed by atoms with E-state index in [-0.39, 0.29) is 18.0 Å². The Bertz CT molecular complexity index is 584. The van der Waals surface area contributed by atoms with Gasteiger partial charge in [0, 0.05) is 29.1 Å². The minimum Gasteiger partial charge on any atom is -0.483 e. The Labute approximate surface area is 108 Å². The lowest BCUT2D eigenvalue weighted by molar-refractivity contribution is 0.160. The summed E-state index contributed by atoms with van der Waals surface area (Å²) in [5.74, 6) is 0.379. The number of halogens is 1. The van der Waals surface area contributed by atoms with E-state index in [2.05, 4.69) is 4.98 Å². The first kappa shape index (κ1) is 11.6. The molecule has 1 aliphatic heterocycles. The molecule has 0 saturated heterocycles. The van der Waals surface area contributed by atoms with Gasteiger partial charge in [0.15, 0.2) is 6.10 Å². The number of nitrogens with zero attached hydrogens (tertiary/aromatic N) is 1. The molecule has 0 aliphatic carbocycles. The van der Waals surface area contributed by atoms with E-state index in [9.17, 15) is 4.39 Å². The van der Waals surface area contributed by atoms with E-state index in [1.165, 1.54) is 12.1 Å². The summed E-state index contributed by atoms with van der Waals surface area (Å²) >= 11 is 1.57. The number of fused-ring (bicyclic) bond motifs is 1. The Morgan fingerprint density at radius 2 is 2.33 bits per heavy atom. The van der Waals surface area contributed by atoms with Crippen LogP contribution in [0, 0.1) is 12.7 Å². The molecular formula is C13H13FN2OS. The number of hydrogen-bond donors (Lipinski definition) is 1. The number of thiazole rings is 1. The first-order chi connectivity index (χ1) is 8.63. The van der Waals surface area contributed by atoms with Gasteiger partial charge >= 0.3 is 0 Å². The van der Waals surface area contributed by atoms with E-state index in [1.54, 1.807) is 17.4 Å². The van der Waals surface area contributed by atoms with Crippen molar-refractivity contribution in [2.45, 2.75) is 25.5 Å². The Morgan fingerprint density at radius 1 is 1.50 bits per heavy atom. The molecule has 0 spiro atoms. The minimum absolute atomic E-state index is 0.128. The molecular weight excluding hydrogens is 251 g/mol. The Morgan fingerprint density at radius 3 is 3.06 bits per heavy atom. The highest BCUT2D eigenvalue weighted by molar-refractivity contribution is 7.09. The van der Waals surface area contributed by atoms with Crippen molar-refractivity contribution in [3.05, 3.63) is 45.7 Å². The Balaban J connectivity index is 1.94.